The van der Waals surface area contributed by atoms with E-state index in [2.05, 4.69) is 24.1 Å². The number of hydrogen-bond acceptors (Lipinski definition) is 4. The summed E-state index contributed by atoms with van der Waals surface area (Å²) >= 11 is 1.56. The molecule has 1 rings (SSSR count). The summed E-state index contributed by atoms with van der Waals surface area (Å²) < 4.78 is 28.5. The highest BCUT2D eigenvalue weighted by Crippen LogP contribution is 2.18. The van der Waals surface area contributed by atoms with Crippen LogP contribution in [0.4, 0.5) is 8.78 Å². The SMILES string of the molecule is CCNCC(C)c1csc(CCOCC(F)F)n1. The van der Waals surface area contributed by atoms with E-state index in [1.54, 1.807) is 11.3 Å². The first-order valence-corrected chi connectivity index (χ1v) is 7.02. The average Bonchev–Trinajstić information content (AvgIpc) is 2.80. The number of thiazole rings is 1. The molecule has 0 radical (unpaired) electrons. The predicted octanol–water partition coefficient (Wildman–Crippen LogP) is 2.68. The number of hydrogen-bond donors (Lipinski definition) is 1. The second-order valence-electron chi connectivity index (χ2n) is 4.09. The highest BCUT2D eigenvalue weighted by Gasteiger charge is 2.10. The van der Waals surface area contributed by atoms with Crippen LogP contribution in [0.3, 0.4) is 0 Å². The van der Waals surface area contributed by atoms with Gasteiger partial charge in [-0.05, 0) is 6.54 Å². The molecule has 3 nitrogen and oxygen atoms in total. The summed E-state index contributed by atoms with van der Waals surface area (Å²) in [7, 11) is 0. The topological polar surface area (TPSA) is 34.1 Å². The lowest BCUT2D eigenvalue weighted by molar-refractivity contribution is 0.0187. The second-order valence-corrected chi connectivity index (χ2v) is 5.03. The normalized spacial score (nSPS) is 13.2. The van der Waals surface area contributed by atoms with Crippen LogP contribution < -0.4 is 5.32 Å². The fourth-order valence-corrected chi connectivity index (χ4v) is 2.36. The van der Waals surface area contributed by atoms with Crippen LogP contribution in [0.25, 0.3) is 0 Å². The molecule has 104 valence electrons. The number of rotatable bonds is 9. The first kappa shape index (κ1) is 15.5. The van der Waals surface area contributed by atoms with Crippen molar-refractivity contribution in [3.8, 4) is 0 Å². The van der Waals surface area contributed by atoms with E-state index in [0.717, 1.165) is 23.8 Å². The van der Waals surface area contributed by atoms with Gasteiger partial charge < -0.3 is 10.1 Å². The van der Waals surface area contributed by atoms with E-state index in [0.29, 0.717) is 18.9 Å². The number of halogens is 2. The number of likely N-dealkylation sites (N-methyl/N-ethyl adjacent to an activating group) is 1. The van der Waals surface area contributed by atoms with Crippen molar-refractivity contribution in [3.63, 3.8) is 0 Å². The van der Waals surface area contributed by atoms with Crippen molar-refractivity contribution >= 4 is 11.3 Å². The van der Waals surface area contributed by atoms with Crippen LogP contribution >= 0.6 is 11.3 Å². The van der Waals surface area contributed by atoms with Crippen LogP contribution in [-0.4, -0.2) is 37.7 Å². The van der Waals surface area contributed by atoms with Crippen molar-refractivity contribution in [2.75, 3.05) is 26.3 Å². The van der Waals surface area contributed by atoms with Crippen LogP contribution in [0.15, 0.2) is 5.38 Å². The number of alkyl halides is 2. The van der Waals surface area contributed by atoms with Gasteiger partial charge in [0.15, 0.2) is 0 Å². The second kappa shape index (κ2) is 8.50. The third-order valence-electron chi connectivity index (χ3n) is 2.48. The Morgan fingerprint density at radius 2 is 2.28 bits per heavy atom. The van der Waals surface area contributed by atoms with Gasteiger partial charge in [0.1, 0.15) is 6.61 Å². The third-order valence-corrected chi connectivity index (χ3v) is 3.41. The number of nitrogens with one attached hydrogen (secondary N) is 1. The zero-order chi connectivity index (χ0) is 13.4. The van der Waals surface area contributed by atoms with Crippen molar-refractivity contribution in [3.05, 3.63) is 16.1 Å². The lowest BCUT2D eigenvalue weighted by Gasteiger charge is -2.08. The van der Waals surface area contributed by atoms with E-state index in [1.807, 2.05) is 5.38 Å². The maximum atomic E-state index is 11.8. The Labute approximate surface area is 111 Å². The molecular weight excluding hydrogens is 258 g/mol. The lowest BCUT2D eigenvalue weighted by atomic mass is 10.1. The highest BCUT2D eigenvalue weighted by atomic mass is 32.1. The van der Waals surface area contributed by atoms with Gasteiger partial charge in [0.2, 0.25) is 0 Å². The maximum absolute atomic E-state index is 11.8. The van der Waals surface area contributed by atoms with E-state index in [9.17, 15) is 8.78 Å². The Bertz CT molecular complexity index is 334. The summed E-state index contributed by atoms with van der Waals surface area (Å²) in [6.07, 6.45) is -1.79. The molecule has 0 spiro atoms. The molecule has 0 aromatic carbocycles. The molecule has 0 aliphatic carbocycles. The van der Waals surface area contributed by atoms with E-state index in [1.165, 1.54) is 0 Å². The van der Waals surface area contributed by atoms with Gasteiger partial charge in [-0.3, -0.25) is 0 Å². The fourth-order valence-electron chi connectivity index (χ4n) is 1.46. The molecule has 1 N–H and O–H groups in total. The molecule has 1 unspecified atom stereocenters. The smallest absolute Gasteiger partial charge is 0.261 e. The zero-order valence-corrected chi connectivity index (χ0v) is 11.6. The first-order chi connectivity index (χ1) is 8.63. The van der Waals surface area contributed by atoms with Crippen molar-refractivity contribution in [1.82, 2.24) is 10.3 Å². The van der Waals surface area contributed by atoms with E-state index in [4.69, 9.17) is 4.74 Å². The molecule has 0 aliphatic rings. The minimum absolute atomic E-state index is 0.304. The quantitative estimate of drug-likeness (QED) is 0.705. The Morgan fingerprint density at radius 1 is 1.50 bits per heavy atom. The summed E-state index contributed by atoms with van der Waals surface area (Å²) in [4.78, 5) is 4.49. The predicted molar refractivity (Wildman–Crippen MR) is 69.6 cm³/mol. The highest BCUT2D eigenvalue weighted by molar-refractivity contribution is 7.09. The fraction of sp³-hybridized carbons (Fsp3) is 0.750. The average molecular weight is 278 g/mol. The van der Waals surface area contributed by atoms with Crippen LogP contribution in [0.5, 0.6) is 0 Å². The molecule has 1 aromatic rings. The standard InChI is InChI=1S/C12H20F2N2OS/c1-3-15-6-9(2)10-8-18-12(16-10)4-5-17-7-11(13)14/h8-9,11,15H,3-7H2,1-2H3. The Kier molecular flexibility index (Phi) is 7.31. The lowest BCUT2D eigenvalue weighted by Crippen LogP contribution is -2.19. The van der Waals surface area contributed by atoms with Crippen LogP contribution in [0.1, 0.15) is 30.5 Å². The number of aromatic nitrogens is 1. The van der Waals surface area contributed by atoms with E-state index < -0.39 is 13.0 Å². The van der Waals surface area contributed by atoms with Crippen LogP contribution in [-0.2, 0) is 11.2 Å². The Hall–Kier alpha value is -0.590. The summed E-state index contributed by atoms with van der Waals surface area (Å²) in [5.74, 6) is 0.372. The monoisotopic (exact) mass is 278 g/mol. The molecule has 0 saturated carbocycles. The molecule has 0 bridgehead atoms. The number of ether oxygens (including phenoxy) is 1. The van der Waals surface area contributed by atoms with Gasteiger partial charge in [-0.25, -0.2) is 13.8 Å². The molecule has 1 heterocycles. The molecule has 1 atom stereocenters. The minimum Gasteiger partial charge on any atom is -0.375 e. The zero-order valence-electron chi connectivity index (χ0n) is 10.8. The maximum Gasteiger partial charge on any atom is 0.261 e. The van der Waals surface area contributed by atoms with Crippen LogP contribution in [0, 0.1) is 0 Å². The Morgan fingerprint density at radius 3 is 2.94 bits per heavy atom. The molecule has 0 saturated heterocycles. The molecule has 18 heavy (non-hydrogen) atoms. The summed E-state index contributed by atoms with van der Waals surface area (Å²) in [6.45, 7) is 5.85. The van der Waals surface area contributed by atoms with Gasteiger partial charge in [0.05, 0.1) is 17.3 Å². The van der Waals surface area contributed by atoms with Gasteiger partial charge >= 0.3 is 0 Å². The Balaban J connectivity index is 2.29. The van der Waals surface area contributed by atoms with E-state index >= 15 is 0 Å². The van der Waals surface area contributed by atoms with Crippen molar-refractivity contribution < 1.29 is 13.5 Å². The van der Waals surface area contributed by atoms with Gasteiger partial charge in [0.25, 0.3) is 6.43 Å². The van der Waals surface area contributed by atoms with E-state index in [-0.39, 0.29) is 0 Å². The first-order valence-electron chi connectivity index (χ1n) is 6.14. The van der Waals surface area contributed by atoms with Crippen molar-refractivity contribution in [1.29, 1.82) is 0 Å². The molecule has 0 amide bonds. The molecule has 0 aliphatic heterocycles. The van der Waals surface area contributed by atoms with Gasteiger partial charge in [-0.15, -0.1) is 11.3 Å². The largest absolute Gasteiger partial charge is 0.375 e. The summed E-state index contributed by atoms with van der Waals surface area (Å²) in [5.41, 5.74) is 1.06. The van der Waals surface area contributed by atoms with Crippen molar-refractivity contribution in [2.24, 2.45) is 0 Å². The summed E-state index contributed by atoms with van der Waals surface area (Å²) in [5, 5.41) is 6.26. The summed E-state index contributed by atoms with van der Waals surface area (Å²) in [6, 6.07) is 0. The molecule has 1 aromatic heterocycles. The molecule has 6 heteroatoms. The molecule has 0 fully saturated rings. The minimum atomic E-state index is -2.39. The van der Waals surface area contributed by atoms with Gasteiger partial charge in [-0.1, -0.05) is 13.8 Å². The van der Waals surface area contributed by atoms with Gasteiger partial charge in [0, 0.05) is 24.3 Å². The van der Waals surface area contributed by atoms with Gasteiger partial charge in [-0.2, -0.15) is 0 Å². The molecular formula is C12H20F2N2OS. The van der Waals surface area contributed by atoms with Crippen molar-refractivity contribution in [2.45, 2.75) is 32.6 Å². The van der Waals surface area contributed by atoms with Crippen LogP contribution in [0.2, 0.25) is 0 Å². The third kappa shape index (κ3) is 5.84. The number of nitrogens with zero attached hydrogens (tertiary/aromatic N) is 1.